The summed E-state index contributed by atoms with van der Waals surface area (Å²) in [4.78, 5) is 24.4. The first-order chi connectivity index (χ1) is 10.6. The first-order valence-corrected chi connectivity index (χ1v) is 7.10. The summed E-state index contributed by atoms with van der Waals surface area (Å²) < 4.78 is 5.26. The maximum Gasteiger partial charge on any atom is 0.344 e. The van der Waals surface area contributed by atoms with Gasteiger partial charge in [0.05, 0.1) is 5.39 Å². The van der Waals surface area contributed by atoms with Crippen molar-refractivity contribution in [3.63, 3.8) is 0 Å². The average molecular weight is 309 g/mol. The quantitative estimate of drug-likeness (QED) is 0.543. The van der Waals surface area contributed by atoms with Crippen molar-refractivity contribution in [1.29, 1.82) is 0 Å². The van der Waals surface area contributed by atoms with Crippen molar-refractivity contribution in [1.82, 2.24) is 0 Å². The summed E-state index contributed by atoms with van der Waals surface area (Å²) in [6.45, 7) is 0. The topological polar surface area (TPSA) is 47.3 Å². The van der Waals surface area contributed by atoms with E-state index in [-0.39, 0.29) is 5.43 Å². The summed E-state index contributed by atoms with van der Waals surface area (Å²) in [6, 6.07) is 13.9. The van der Waals surface area contributed by atoms with Gasteiger partial charge in [-0.2, -0.15) is 0 Å². The molecule has 1 heterocycles. The molecule has 0 unspecified atom stereocenters. The predicted octanol–water partition coefficient (Wildman–Crippen LogP) is 2.90. The smallest absolute Gasteiger partial charge is 0.344 e. The molecule has 0 aromatic heterocycles. The maximum atomic E-state index is 12.6. The lowest BCUT2D eigenvalue weighted by Gasteiger charge is -2.01. The Labute approximate surface area is 129 Å². The molecule has 0 N–H and O–H groups in total. The highest BCUT2D eigenvalue weighted by Gasteiger charge is 2.19. The first kappa shape index (κ1) is 13.0. The molecule has 0 amide bonds. The molecular formula is C18H9ClO3. The lowest BCUT2D eigenvalue weighted by atomic mass is 10.00. The van der Waals surface area contributed by atoms with E-state index < -0.39 is 5.63 Å². The van der Waals surface area contributed by atoms with Crippen LogP contribution < -0.4 is 16.3 Å². The van der Waals surface area contributed by atoms with E-state index in [9.17, 15) is 9.59 Å². The van der Waals surface area contributed by atoms with Gasteiger partial charge in [0.25, 0.3) is 0 Å². The number of furan rings is 1. The molecular weight excluding hydrogens is 300 g/mol. The molecule has 4 rings (SSSR count). The van der Waals surface area contributed by atoms with E-state index in [4.69, 9.17) is 16.0 Å². The third-order valence-corrected chi connectivity index (χ3v) is 3.97. The van der Waals surface area contributed by atoms with Gasteiger partial charge in [0.2, 0.25) is 0 Å². The molecule has 0 saturated carbocycles. The number of hydrogen-bond donors (Lipinski definition) is 0. The molecule has 4 heteroatoms. The van der Waals surface area contributed by atoms with E-state index in [1.54, 1.807) is 42.5 Å². The molecule has 3 nitrogen and oxygen atoms in total. The van der Waals surface area contributed by atoms with Crippen LogP contribution in [0, 0.1) is 0 Å². The fraction of sp³-hybridized carbons (Fsp3) is 0. The Morgan fingerprint density at radius 2 is 1.68 bits per heavy atom. The van der Waals surface area contributed by atoms with Crippen LogP contribution in [0.15, 0.2) is 62.5 Å². The van der Waals surface area contributed by atoms with Gasteiger partial charge in [-0.05, 0) is 35.9 Å². The van der Waals surface area contributed by atoms with Gasteiger partial charge in [-0.3, -0.25) is 4.79 Å². The van der Waals surface area contributed by atoms with Crippen molar-refractivity contribution < 1.29 is 4.42 Å². The van der Waals surface area contributed by atoms with Gasteiger partial charge >= 0.3 is 5.63 Å². The van der Waals surface area contributed by atoms with Crippen LogP contribution in [0.25, 0.3) is 28.2 Å². The molecule has 0 atom stereocenters. The summed E-state index contributed by atoms with van der Waals surface area (Å²) >= 11 is 5.86. The SMILES string of the molecule is O=c1oc2c/c(=C\c3ccc(Cl)cc3)c(=O)c3cccc1c3-2. The minimum Gasteiger partial charge on any atom is -0.422 e. The van der Waals surface area contributed by atoms with Crippen LogP contribution in [0.5, 0.6) is 0 Å². The van der Waals surface area contributed by atoms with E-state index >= 15 is 0 Å². The zero-order valence-corrected chi connectivity index (χ0v) is 12.1. The summed E-state index contributed by atoms with van der Waals surface area (Å²) in [5.74, 6) is 0.440. The van der Waals surface area contributed by atoms with E-state index in [2.05, 4.69) is 0 Å². The number of benzene rings is 3. The van der Waals surface area contributed by atoms with Crippen molar-refractivity contribution in [2.24, 2.45) is 0 Å². The second kappa shape index (κ2) is 4.68. The Bertz CT molecular complexity index is 1110. The Kier molecular flexibility index (Phi) is 2.78. The Balaban J connectivity index is 2.10. The van der Waals surface area contributed by atoms with Crippen molar-refractivity contribution >= 4 is 28.4 Å². The highest BCUT2D eigenvalue weighted by atomic mass is 35.5. The number of rotatable bonds is 1. The molecule has 0 saturated heterocycles. The number of hydrogen-bond acceptors (Lipinski definition) is 3. The molecule has 22 heavy (non-hydrogen) atoms. The molecule has 2 aromatic carbocycles. The van der Waals surface area contributed by atoms with E-state index in [0.717, 1.165) is 5.56 Å². The van der Waals surface area contributed by atoms with Crippen molar-refractivity contribution in [3.05, 3.63) is 85.0 Å². The molecule has 0 spiro atoms. The Hall–Kier alpha value is -2.65. The van der Waals surface area contributed by atoms with Gasteiger partial charge in [-0.15, -0.1) is 0 Å². The van der Waals surface area contributed by atoms with Gasteiger partial charge in [0.1, 0.15) is 5.76 Å². The minimum atomic E-state index is -0.413. The molecule has 0 radical (unpaired) electrons. The van der Waals surface area contributed by atoms with Gasteiger partial charge in [0.15, 0.2) is 5.43 Å². The lowest BCUT2D eigenvalue weighted by Crippen LogP contribution is -2.25. The number of halogens is 1. The van der Waals surface area contributed by atoms with Crippen molar-refractivity contribution in [2.75, 3.05) is 0 Å². The third-order valence-electron chi connectivity index (χ3n) is 3.72. The monoisotopic (exact) mass is 308 g/mol. The van der Waals surface area contributed by atoms with Crippen LogP contribution in [0.2, 0.25) is 5.02 Å². The van der Waals surface area contributed by atoms with E-state index in [1.165, 1.54) is 0 Å². The minimum absolute atomic E-state index is 0.117. The summed E-state index contributed by atoms with van der Waals surface area (Å²) in [6.07, 6.45) is 1.76. The van der Waals surface area contributed by atoms with Crippen molar-refractivity contribution in [3.8, 4) is 11.3 Å². The Morgan fingerprint density at radius 1 is 0.955 bits per heavy atom. The van der Waals surface area contributed by atoms with Gasteiger partial charge in [0, 0.05) is 21.2 Å². The highest BCUT2D eigenvalue weighted by molar-refractivity contribution is 6.30. The van der Waals surface area contributed by atoms with Crippen LogP contribution in [-0.2, 0) is 0 Å². The molecule has 2 aliphatic rings. The van der Waals surface area contributed by atoms with Gasteiger partial charge in [-0.1, -0.05) is 35.9 Å². The van der Waals surface area contributed by atoms with Crippen LogP contribution in [-0.4, -0.2) is 0 Å². The molecule has 0 bridgehead atoms. The fourth-order valence-electron chi connectivity index (χ4n) is 2.69. The van der Waals surface area contributed by atoms with Gasteiger partial charge in [-0.25, -0.2) is 4.79 Å². The van der Waals surface area contributed by atoms with Gasteiger partial charge < -0.3 is 4.42 Å². The second-order valence-corrected chi connectivity index (χ2v) is 5.54. The summed E-state index contributed by atoms with van der Waals surface area (Å²) in [5, 5.41) is 2.07. The highest BCUT2D eigenvalue weighted by Crippen LogP contribution is 2.28. The maximum absolute atomic E-state index is 12.6. The summed E-state index contributed by atoms with van der Waals surface area (Å²) in [7, 11) is 0. The second-order valence-electron chi connectivity index (χ2n) is 5.11. The fourth-order valence-corrected chi connectivity index (χ4v) is 2.82. The summed E-state index contributed by atoms with van der Waals surface area (Å²) in [5.41, 5.74) is 0.928. The zero-order valence-electron chi connectivity index (χ0n) is 11.3. The standard InChI is InChI=1S/C18H9ClO3/c19-12-6-4-10(5-7-12)8-11-9-15-16-13(17(11)20)2-1-3-14(16)18(21)22-15/h1-9H/b11-8+. The normalized spacial score (nSPS) is 12.5. The van der Waals surface area contributed by atoms with Crippen LogP contribution in [0.4, 0.5) is 0 Å². The lowest BCUT2D eigenvalue weighted by molar-refractivity contribution is 0.548. The molecule has 106 valence electrons. The molecule has 1 aliphatic carbocycles. The zero-order chi connectivity index (χ0) is 15.3. The predicted molar refractivity (Wildman–Crippen MR) is 86.8 cm³/mol. The Morgan fingerprint density at radius 3 is 2.45 bits per heavy atom. The average Bonchev–Trinajstić information content (AvgIpc) is 2.84. The third kappa shape index (κ3) is 1.90. The first-order valence-electron chi connectivity index (χ1n) is 6.73. The molecule has 1 aliphatic heterocycles. The van der Waals surface area contributed by atoms with Crippen molar-refractivity contribution in [2.45, 2.75) is 0 Å². The molecule has 0 fully saturated rings. The van der Waals surface area contributed by atoms with Crippen LogP contribution >= 0.6 is 11.6 Å². The largest absolute Gasteiger partial charge is 0.422 e. The van der Waals surface area contributed by atoms with E-state index in [1.807, 2.05) is 12.1 Å². The molecule has 2 aromatic rings. The van der Waals surface area contributed by atoms with Crippen LogP contribution in [0.1, 0.15) is 5.56 Å². The van der Waals surface area contributed by atoms with Crippen LogP contribution in [0.3, 0.4) is 0 Å². The van der Waals surface area contributed by atoms with E-state index in [0.29, 0.717) is 32.3 Å².